The summed E-state index contributed by atoms with van der Waals surface area (Å²) in [6, 6.07) is 9.00. The van der Waals surface area contributed by atoms with Crippen LogP contribution < -0.4 is 26.6 Å². The Morgan fingerprint density at radius 2 is 0.818 bits per heavy atom. The molecule has 2 aromatic rings. The van der Waals surface area contributed by atoms with Gasteiger partial charge in [0, 0.05) is 39.0 Å². The van der Waals surface area contributed by atoms with Gasteiger partial charge in [-0.2, -0.15) is 0 Å². The molecule has 5 aliphatic heterocycles. The van der Waals surface area contributed by atoms with Crippen LogP contribution in [-0.4, -0.2) is 153 Å². The van der Waals surface area contributed by atoms with E-state index in [0.717, 1.165) is 11.1 Å². The summed E-state index contributed by atoms with van der Waals surface area (Å²) < 4.78 is 0. The molecular formula is C59H87N9O9. The summed E-state index contributed by atoms with van der Waals surface area (Å²) in [5.74, 6) is -6.14. The first-order valence-electron chi connectivity index (χ1n) is 28.5. The van der Waals surface area contributed by atoms with Gasteiger partial charge in [-0.3, -0.25) is 43.2 Å². The number of benzene rings is 2. The second-order valence-corrected chi connectivity index (χ2v) is 23.2. The molecule has 77 heavy (non-hydrogen) atoms. The second-order valence-electron chi connectivity index (χ2n) is 23.2. The van der Waals surface area contributed by atoms with Crippen molar-refractivity contribution in [3.8, 4) is 0 Å². The lowest BCUT2D eigenvalue weighted by Crippen LogP contribution is -2.67. The van der Waals surface area contributed by atoms with Crippen LogP contribution in [0.2, 0.25) is 0 Å². The molecular weight excluding hydrogens is 979 g/mol. The number of fused-ring (bicyclic) bond motifs is 18. The summed E-state index contributed by atoms with van der Waals surface area (Å²) in [5.41, 5.74) is 1.55. The zero-order valence-electron chi connectivity index (χ0n) is 47.2. The number of hydrogen-bond acceptors (Lipinski definition) is 9. The number of amides is 9. The Bertz CT molecular complexity index is 2400. The molecule has 18 heteroatoms. The maximum absolute atomic E-state index is 15.4. The van der Waals surface area contributed by atoms with E-state index in [-0.39, 0.29) is 69.6 Å². The molecule has 0 aliphatic carbocycles. The van der Waals surface area contributed by atoms with Gasteiger partial charge in [0.1, 0.15) is 54.4 Å². The van der Waals surface area contributed by atoms with Gasteiger partial charge >= 0.3 is 0 Å². The minimum atomic E-state index is -1.15. The zero-order valence-corrected chi connectivity index (χ0v) is 47.2. The predicted molar refractivity (Wildman–Crippen MR) is 293 cm³/mol. The van der Waals surface area contributed by atoms with E-state index in [1.807, 2.05) is 116 Å². The number of carbonyl (C=O) groups is 9. The Morgan fingerprint density at radius 1 is 0.429 bits per heavy atom. The zero-order chi connectivity index (χ0) is 56.2. The normalized spacial score (nSPS) is 27.8. The van der Waals surface area contributed by atoms with Crippen molar-refractivity contribution in [3.05, 3.63) is 71.8 Å². The van der Waals surface area contributed by atoms with E-state index in [0.29, 0.717) is 38.5 Å². The Labute approximate surface area is 456 Å². The highest BCUT2D eigenvalue weighted by atomic mass is 16.2. The minimum Gasteiger partial charge on any atom is -0.343 e. The van der Waals surface area contributed by atoms with Crippen molar-refractivity contribution in [3.63, 3.8) is 0 Å². The second kappa shape index (κ2) is 27.3. The molecule has 5 heterocycles. The first-order valence-corrected chi connectivity index (χ1v) is 28.5. The molecule has 0 aromatic heterocycles. The van der Waals surface area contributed by atoms with Gasteiger partial charge in [0.15, 0.2) is 0 Å². The van der Waals surface area contributed by atoms with Crippen LogP contribution in [0.15, 0.2) is 60.7 Å². The molecule has 2 bridgehead atoms. The van der Waals surface area contributed by atoms with Crippen LogP contribution in [0.4, 0.5) is 0 Å². The fourth-order valence-corrected chi connectivity index (χ4v) is 11.3. The topological polar surface area (TPSA) is 227 Å². The van der Waals surface area contributed by atoms with Gasteiger partial charge in [-0.1, -0.05) is 143 Å². The highest BCUT2D eigenvalue weighted by molar-refractivity contribution is 6.00. The number of nitrogens with one attached hydrogen (secondary N) is 5. The lowest BCUT2D eigenvalue weighted by molar-refractivity contribution is -0.159. The van der Waals surface area contributed by atoms with E-state index in [1.165, 1.54) is 9.80 Å². The van der Waals surface area contributed by atoms with Crippen LogP contribution in [-0.2, 0) is 56.0 Å². The van der Waals surface area contributed by atoms with Crippen LogP contribution in [0.5, 0.6) is 0 Å². The molecule has 2 aromatic carbocycles. The number of hydrogen-bond donors (Lipinski definition) is 5. The number of piperazine rings is 1. The standard InChI is InChI=1S/C59H87N9O9/c1-11-38(9)49-54(72)61-43(32-36(5)6)51(69)62-48(37(7)8)59(77)66-28-20-26-45(66)56(74)65-27-19-25-44(65)57(75)68-30-29-67(58(76)47(68)34-41-23-17-14-18-24-41)46(33-40-21-15-13-16-22-40)53(71)60-42(31-35(3)4)52(70)63-50(39(10)12-2)55(73)64-49/h13-18,21-24,35-39,42-50H,11-12,19-20,25-34H2,1-10H3,(H,60,71)(H,61,72)(H,62,69)(H,63,70)(H,64,73)/t38-,39-,42-,43-,44-,45-,46+,47+,48-,49-,50-/m0/s1. The average molecular weight is 1070 g/mol. The van der Waals surface area contributed by atoms with Crippen LogP contribution >= 0.6 is 0 Å². The molecule has 5 saturated heterocycles. The fraction of sp³-hybridized carbons (Fsp3) is 0.644. The predicted octanol–water partition coefficient (Wildman–Crippen LogP) is 4.14. The fourth-order valence-electron chi connectivity index (χ4n) is 11.3. The largest absolute Gasteiger partial charge is 0.343 e. The van der Waals surface area contributed by atoms with Gasteiger partial charge in [-0.05, 0) is 79.2 Å². The van der Waals surface area contributed by atoms with Gasteiger partial charge in [-0.25, -0.2) is 0 Å². The third-order valence-corrected chi connectivity index (χ3v) is 16.2. The monoisotopic (exact) mass is 1070 g/mol. The van der Waals surface area contributed by atoms with Gasteiger partial charge in [-0.15, -0.1) is 0 Å². The summed E-state index contributed by atoms with van der Waals surface area (Å²) in [5, 5.41) is 14.7. The molecule has 5 N–H and O–H groups in total. The van der Waals surface area contributed by atoms with Gasteiger partial charge in [0.05, 0.1) is 0 Å². The molecule has 5 aliphatic rings. The molecule has 0 saturated carbocycles. The lowest BCUT2D eigenvalue weighted by atomic mass is 9.93. The van der Waals surface area contributed by atoms with E-state index in [2.05, 4.69) is 26.6 Å². The first-order chi connectivity index (χ1) is 36.6. The van der Waals surface area contributed by atoms with Gasteiger partial charge < -0.3 is 46.2 Å². The minimum absolute atomic E-state index is 0.0189. The summed E-state index contributed by atoms with van der Waals surface area (Å²) in [6.45, 7) is 19.2. The summed E-state index contributed by atoms with van der Waals surface area (Å²) in [4.78, 5) is 140. The molecule has 9 amide bonds. The van der Waals surface area contributed by atoms with Gasteiger partial charge in [0.25, 0.3) is 0 Å². The summed E-state index contributed by atoms with van der Waals surface area (Å²) in [6.07, 6.45) is 3.31. The Hall–Kier alpha value is -6.33. The Morgan fingerprint density at radius 3 is 1.27 bits per heavy atom. The van der Waals surface area contributed by atoms with Crippen molar-refractivity contribution in [1.82, 2.24) is 46.2 Å². The first kappa shape index (κ1) is 59.9. The molecule has 11 atom stereocenters. The molecule has 18 nitrogen and oxygen atoms in total. The molecule has 5 fully saturated rings. The van der Waals surface area contributed by atoms with Crippen molar-refractivity contribution >= 4 is 53.2 Å². The molecule has 0 unspecified atom stereocenters. The molecule has 0 radical (unpaired) electrons. The lowest BCUT2D eigenvalue weighted by Gasteiger charge is -2.45. The molecule has 422 valence electrons. The third kappa shape index (κ3) is 14.8. The van der Waals surface area contributed by atoms with E-state index in [4.69, 9.17) is 0 Å². The van der Waals surface area contributed by atoms with Crippen LogP contribution in [0.3, 0.4) is 0 Å². The van der Waals surface area contributed by atoms with Crippen LogP contribution in [0.1, 0.15) is 132 Å². The van der Waals surface area contributed by atoms with E-state index in [9.17, 15) is 28.8 Å². The SMILES string of the molecule is CC[C@H](C)[C@@H]1NC(=O)[C@H](CC(C)C)NC(=O)[C@@H](Cc2ccccc2)N2CCN(C(=O)[C@@H]3CCCN3C(=O)[C@@H]3CCCN3C(=O)[C@H](C(C)C)NC(=O)[C@H](CC(C)C)NC(=O)[C@H]([C@@H](C)CC)NC1=O)[C@H](Cc1ccccc1)C2=O. The third-order valence-electron chi connectivity index (χ3n) is 16.2. The quantitative estimate of drug-likeness (QED) is 0.182. The highest BCUT2D eigenvalue weighted by Crippen LogP contribution is 2.30. The van der Waals surface area contributed by atoms with Crippen LogP contribution in [0, 0.1) is 29.6 Å². The van der Waals surface area contributed by atoms with Gasteiger partial charge in [0.2, 0.25) is 53.2 Å². The van der Waals surface area contributed by atoms with Crippen molar-refractivity contribution in [2.45, 2.75) is 188 Å². The number of rotatable bonds is 13. The van der Waals surface area contributed by atoms with E-state index in [1.54, 1.807) is 23.6 Å². The molecule has 0 spiro atoms. The maximum atomic E-state index is 15.4. The Kier molecular flexibility index (Phi) is 21.3. The van der Waals surface area contributed by atoms with Crippen molar-refractivity contribution in [2.24, 2.45) is 29.6 Å². The maximum Gasteiger partial charge on any atom is 0.246 e. The summed E-state index contributed by atoms with van der Waals surface area (Å²) >= 11 is 0. The van der Waals surface area contributed by atoms with Crippen molar-refractivity contribution in [1.29, 1.82) is 0 Å². The van der Waals surface area contributed by atoms with E-state index < -0.39 is 119 Å². The summed E-state index contributed by atoms with van der Waals surface area (Å²) in [7, 11) is 0. The number of carbonyl (C=O) groups excluding carboxylic acids is 9. The Balaban J connectivity index is 1.46. The average Bonchev–Trinajstić information content (AvgIpc) is 4.11. The van der Waals surface area contributed by atoms with Crippen LogP contribution in [0.25, 0.3) is 0 Å². The molecule has 7 rings (SSSR count). The highest BCUT2D eigenvalue weighted by Gasteiger charge is 2.49. The van der Waals surface area contributed by atoms with Crippen molar-refractivity contribution < 1.29 is 43.2 Å². The van der Waals surface area contributed by atoms with E-state index >= 15 is 14.4 Å². The van der Waals surface area contributed by atoms with Crippen molar-refractivity contribution in [2.75, 3.05) is 26.2 Å². The number of nitrogens with zero attached hydrogens (tertiary/aromatic N) is 4. The smallest absolute Gasteiger partial charge is 0.246 e.